The summed E-state index contributed by atoms with van der Waals surface area (Å²) in [5, 5.41) is 8.93. The Balaban J connectivity index is 2.81. The normalized spacial score (nSPS) is 25.9. The highest BCUT2D eigenvalue weighted by Crippen LogP contribution is 2.31. The van der Waals surface area contributed by atoms with Crippen LogP contribution in [0.1, 0.15) is 33.6 Å². The molecule has 1 amide bonds. The lowest BCUT2D eigenvalue weighted by atomic mass is 9.81. The van der Waals surface area contributed by atoms with Gasteiger partial charge in [-0.3, -0.25) is 4.79 Å². The Morgan fingerprint density at radius 3 is 2.43 bits per heavy atom. The number of carboxylic acid groups (broad SMARTS) is 1. The number of carbonyl (C=O) groups is 2. The van der Waals surface area contributed by atoms with E-state index in [0.29, 0.717) is 13.0 Å². The molecule has 1 aliphatic rings. The molecule has 4 heteroatoms. The number of rotatable bonds is 1. The number of aliphatic carboxylic acids is 1. The number of hydrogen-bond acceptors (Lipinski definition) is 2. The van der Waals surface area contributed by atoms with Crippen molar-refractivity contribution in [1.82, 2.24) is 4.90 Å². The fourth-order valence-corrected chi connectivity index (χ4v) is 1.92. The van der Waals surface area contributed by atoms with E-state index in [0.717, 1.165) is 6.42 Å². The molecule has 1 N–H and O–H groups in total. The van der Waals surface area contributed by atoms with Crippen molar-refractivity contribution in [2.24, 2.45) is 5.41 Å². The number of carbonyl (C=O) groups excluding carboxylic acids is 1. The van der Waals surface area contributed by atoms with Crippen molar-refractivity contribution in [3.05, 3.63) is 0 Å². The van der Waals surface area contributed by atoms with Gasteiger partial charge in [-0.15, -0.1) is 0 Å². The summed E-state index contributed by atoms with van der Waals surface area (Å²) >= 11 is 0. The Labute approximate surface area is 83.9 Å². The topological polar surface area (TPSA) is 57.6 Å². The maximum atomic E-state index is 11.3. The van der Waals surface area contributed by atoms with E-state index < -0.39 is 12.0 Å². The van der Waals surface area contributed by atoms with E-state index in [1.807, 2.05) is 0 Å². The van der Waals surface area contributed by atoms with E-state index in [-0.39, 0.29) is 11.3 Å². The largest absolute Gasteiger partial charge is 0.480 e. The molecular formula is C10H17NO3. The predicted octanol–water partition coefficient (Wildman–Crippen LogP) is 1.11. The minimum Gasteiger partial charge on any atom is -0.480 e. The van der Waals surface area contributed by atoms with Crippen molar-refractivity contribution in [3.63, 3.8) is 0 Å². The summed E-state index contributed by atoms with van der Waals surface area (Å²) in [5.74, 6) is -1.04. The van der Waals surface area contributed by atoms with Crippen molar-refractivity contribution >= 4 is 11.9 Å². The van der Waals surface area contributed by atoms with E-state index >= 15 is 0 Å². The average Bonchev–Trinajstić information content (AvgIpc) is 2.01. The van der Waals surface area contributed by atoms with Crippen LogP contribution in [-0.2, 0) is 9.59 Å². The second kappa shape index (κ2) is 3.59. The zero-order chi connectivity index (χ0) is 10.9. The molecule has 1 fully saturated rings. The minimum absolute atomic E-state index is 0.0393. The molecule has 0 spiro atoms. The molecule has 0 aromatic heterocycles. The number of carboxylic acids is 1. The fraction of sp³-hybridized carbons (Fsp3) is 0.800. The molecule has 1 atom stereocenters. The number of likely N-dealkylation sites (tertiary alicyclic amines) is 1. The summed E-state index contributed by atoms with van der Waals surface area (Å²) in [6.45, 7) is 6.08. The summed E-state index contributed by atoms with van der Waals surface area (Å²) in [4.78, 5) is 23.6. The molecule has 1 heterocycles. The van der Waals surface area contributed by atoms with Gasteiger partial charge < -0.3 is 10.0 Å². The molecule has 80 valence electrons. The van der Waals surface area contributed by atoms with Gasteiger partial charge in [-0.1, -0.05) is 13.8 Å². The second-order valence-corrected chi connectivity index (χ2v) is 4.70. The molecule has 0 aliphatic carbocycles. The highest BCUT2D eigenvalue weighted by atomic mass is 16.4. The zero-order valence-electron chi connectivity index (χ0n) is 8.91. The van der Waals surface area contributed by atoms with Gasteiger partial charge in [-0.2, -0.15) is 0 Å². The molecule has 0 aromatic rings. The van der Waals surface area contributed by atoms with Crippen LogP contribution in [-0.4, -0.2) is 34.5 Å². The lowest BCUT2D eigenvalue weighted by Crippen LogP contribution is -2.52. The van der Waals surface area contributed by atoms with Gasteiger partial charge in [0.05, 0.1) is 0 Å². The standard InChI is InChI=1S/C10H17NO3/c1-7(12)11-6-10(2,3)5-4-8(11)9(13)14/h8H,4-6H2,1-3H3,(H,13,14). The van der Waals surface area contributed by atoms with Gasteiger partial charge in [-0.05, 0) is 18.3 Å². The molecule has 1 rings (SSSR count). The first kappa shape index (κ1) is 11.0. The second-order valence-electron chi connectivity index (χ2n) is 4.70. The molecule has 0 aromatic carbocycles. The third-order valence-electron chi connectivity index (χ3n) is 2.76. The first-order valence-electron chi connectivity index (χ1n) is 4.83. The smallest absolute Gasteiger partial charge is 0.326 e. The van der Waals surface area contributed by atoms with Crippen LogP contribution in [0.5, 0.6) is 0 Å². The van der Waals surface area contributed by atoms with Crippen molar-refractivity contribution in [1.29, 1.82) is 0 Å². The SMILES string of the molecule is CC(=O)N1CC(C)(C)CCC1C(=O)O. The Bertz CT molecular complexity index is 260. The number of piperidine rings is 1. The molecule has 1 saturated heterocycles. The monoisotopic (exact) mass is 199 g/mol. The van der Waals surface area contributed by atoms with Crippen LogP contribution in [0.25, 0.3) is 0 Å². The maximum absolute atomic E-state index is 11.3. The van der Waals surface area contributed by atoms with Gasteiger partial charge in [0.15, 0.2) is 0 Å². The lowest BCUT2D eigenvalue weighted by Gasteiger charge is -2.41. The molecule has 0 bridgehead atoms. The molecule has 0 saturated carbocycles. The Hall–Kier alpha value is -1.06. The van der Waals surface area contributed by atoms with E-state index in [1.165, 1.54) is 11.8 Å². The molecular weight excluding hydrogens is 182 g/mol. The summed E-state index contributed by atoms with van der Waals surface area (Å²) in [7, 11) is 0. The zero-order valence-corrected chi connectivity index (χ0v) is 8.91. The van der Waals surface area contributed by atoms with E-state index in [2.05, 4.69) is 13.8 Å². The highest BCUT2D eigenvalue weighted by molar-refractivity contribution is 5.82. The Kier molecular flexibility index (Phi) is 2.83. The van der Waals surface area contributed by atoms with E-state index in [1.54, 1.807) is 0 Å². The van der Waals surface area contributed by atoms with Crippen LogP contribution in [0.3, 0.4) is 0 Å². The fourth-order valence-electron chi connectivity index (χ4n) is 1.92. The van der Waals surface area contributed by atoms with Crippen molar-refractivity contribution in [3.8, 4) is 0 Å². The van der Waals surface area contributed by atoms with Crippen LogP contribution in [0.15, 0.2) is 0 Å². The number of amides is 1. The first-order valence-corrected chi connectivity index (χ1v) is 4.83. The van der Waals surface area contributed by atoms with Gasteiger partial charge >= 0.3 is 5.97 Å². The van der Waals surface area contributed by atoms with Crippen molar-refractivity contribution in [2.45, 2.75) is 39.7 Å². The minimum atomic E-state index is -0.893. The van der Waals surface area contributed by atoms with Gasteiger partial charge in [0.1, 0.15) is 6.04 Å². The van der Waals surface area contributed by atoms with Crippen LogP contribution in [0.2, 0.25) is 0 Å². The van der Waals surface area contributed by atoms with Crippen LogP contribution in [0.4, 0.5) is 0 Å². The summed E-state index contributed by atoms with van der Waals surface area (Å²) < 4.78 is 0. The van der Waals surface area contributed by atoms with Crippen LogP contribution in [0, 0.1) is 5.41 Å². The third-order valence-corrected chi connectivity index (χ3v) is 2.76. The lowest BCUT2D eigenvalue weighted by molar-refractivity contribution is -0.153. The third kappa shape index (κ3) is 2.25. The van der Waals surface area contributed by atoms with Crippen molar-refractivity contribution in [2.75, 3.05) is 6.54 Å². The van der Waals surface area contributed by atoms with Gasteiger partial charge in [0.2, 0.25) is 5.91 Å². The molecule has 14 heavy (non-hydrogen) atoms. The van der Waals surface area contributed by atoms with E-state index in [4.69, 9.17) is 5.11 Å². The Morgan fingerprint density at radius 2 is 2.00 bits per heavy atom. The quantitative estimate of drug-likeness (QED) is 0.688. The molecule has 0 radical (unpaired) electrons. The summed E-state index contributed by atoms with van der Waals surface area (Å²) in [5.41, 5.74) is 0.0393. The number of hydrogen-bond donors (Lipinski definition) is 1. The van der Waals surface area contributed by atoms with Crippen molar-refractivity contribution < 1.29 is 14.7 Å². The number of nitrogens with zero attached hydrogens (tertiary/aromatic N) is 1. The predicted molar refractivity (Wildman–Crippen MR) is 51.8 cm³/mol. The molecule has 4 nitrogen and oxygen atoms in total. The van der Waals surface area contributed by atoms with E-state index in [9.17, 15) is 9.59 Å². The van der Waals surface area contributed by atoms with Gasteiger partial charge in [0, 0.05) is 13.5 Å². The molecule has 1 unspecified atom stereocenters. The summed E-state index contributed by atoms with van der Waals surface area (Å²) in [6.07, 6.45) is 1.41. The van der Waals surface area contributed by atoms with Gasteiger partial charge in [-0.25, -0.2) is 4.79 Å². The first-order chi connectivity index (χ1) is 6.33. The van der Waals surface area contributed by atoms with Crippen LogP contribution >= 0.6 is 0 Å². The molecule has 1 aliphatic heterocycles. The summed E-state index contributed by atoms with van der Waals surface area (Å²) in [6, 6.07) is -0.625. The van der Waals surface area contributed by atoms with Crippen LogP contribution < -0.4 is 0 Å². The highest BCUT2D eigenvalue weighted by Gasteiger charge is 2.37. The van der Waals surface area contributed by atoms with Gasteiger partial charge in [0.25, 0.3) is 0 Å². The Morgan fingerprint density at radius 1 is 1.43 bits per heavy atom. The average molecular weight is 199 g/mol. The maximum Gasteiger partial charge on any atom is 0.326 e.